The minimum atomic E-state index is -1.82. The van der Waals surface area contributed by atoms with Crippen molar-refractivity contribution in [1.82, 2.24) is 10.3 Å². The minimum absolute atomic E-state index is 0.184. The van der Waals surface area contributed by atoms with Crippen LogP contribution in [-0.2, 0) is 33.6 Å². The maximum absolute atomic E-state index is 9.10. The molecule has 5 fully saturated rings. The second-order valence-corrected chi connectivity index (χ2v) is 12.9. The molecule has 5 heterocycles. The van der Waals surface area contributed by atoms with Crippen LogP contribution >= 0.6 is 11.6 Å². The lowest BCUT2D eigenvalue weighted by Crippen LogP contribution is -2.70. The van der Waals surface area contributed by atoms with E-state index in [0.717, 1.165) is 48.9 Å². The van der Waals surface area contributed by atoms with Gasteiger partial charge in [-0.2, -0.15) is 0 Å². The topological polar surface area (TPSA) is 158 Å². The van der Waals surface area contributed by atoms with Crippen LogP contribution in [0, 0.1) is 23.7 Å². The third-order valence-electron chi connectivity index (χ3n) is 9.46. The summed E-state index contributed by atoms with van der Waals surface area (Å²) in [7, 11) is 0. The average molecular weight is 636 g/mol. The van der Waals surface area contributed by atoms with Gasteiger partial charge in [0.25, 0.3) is 0 Å². The molecule has 12 nitrogen and oxygen atoms in total. The van der Waals surface area contributed by atoms with E-state index in [1.165, 1.54) is 6.42 Å². The maximum atomic E-state index is 9.10. The number of pyridine rings is 1. The average Bonchev–Trinajstić information content (AvgIpc) is 3.22. The SMILES string of the molecule is CC(CNc1ccnc2cc(Cl)ccc12)NCCO[C@H]1O[C@@H]2O[C@]3(C)CCC4[C@H](C)CCC([C@H]1C)[C@]42OO3.O=C(O)C(=O)O. The predicted octanol–water partition coefficient (Wildman–Crippen LogP) is 4.66. The number of nitrogens with zero attached hydrogens (tertiary/aromatic N) is 1. The molecule has 3 unspecified atom stereocenters. The van der Waals surface area contributed by atoms with Gasteiger partial charge in [0.2, 0.25) is 5.79 Å². The number of hydrogen-bond acceptors (Lipinski definition) is 10. The zero-order valence-corrected chi connectivity index (χ0v) is 26.2. The Morgan fingerprint density at radius 3 is 2.66 bits per heavy atom. The highest BCUT2D eigenvalue weighted by atomic mass is 35.5. The number of carboxylic acid groups (broad SMARTS) is 2. The van der Waals surface area contributed by atoms with Gasteiger partial charge in [-0.15, -0.1) is 0 Å². The number of nitrogens with one attached hydrogen (secondary N) is 2. The summed E-state index contributed by atoms with van der Waals surface area (Å²) in [5.74, 6) is -3.04. The smallest absolute Gasteiger partial charge is 0.414 e. The van der Waals surface area contributed by atoms with Crippen molar-refractivity contribution < 1.29 is 43.8 Å². The van der Waals surface area contributed by atoms with Crippen LogP contribution in [0.3, 0.4) is 0 Å². The number of anilines is 1. The number of hydrogen-bond donors (Lipinski definition) is 4. The fraction of sp³-hybridized carbons (Fsp3) is 0.645. The minimum Gasteiger partial charge on any atom is -0.473 e. The summed E-state index contributed by atoms with van der Waals surface area (Å²) >= 11 is 6.12. The summed E-state index contributed by atoms with van der Waals surface area (Å²) in [6, 6.07) is 8.02. The summed E-state index contributed by atoms with van der Waals surface area (Å²) in [4.78, 5) is 34.7. The molecule has 1 spiro atoms. The summed E-state index contributed by atoms with van der Waals surface area (Å²) in [6.45, 7) is 10.7. The first-order valence-electron chi connectivity index (χ1n) is 15.2. The van der Waals surface area contributed by atoms with E-state index < -0.39 is 29.6 Å². The van der Waals surface area contributed by atoms with Crippen LogP contribution < -0.4 is 10.6 Å². The molecule has 9 atom stereocenters. The molecule has 4 N–H and O–H groups in total. The molecule has 2 aromatic rings. The van der Waals surface area contributed by atoms with Crippen LogP contribution in [0.15, 0.2) is 30.5 Å². The highest BCUT2D eigenvalue weighted by Crippen LogP contribution is 2.60. The van der Waals surface area contributed by atoms with Crippen molar-refractivity contribution in [3.05, 3.63) is 35.5 Å². The maximum Gasteiger partial charge on any atom is 0.414 e. The Balaban J connectivity index is 0.000000584. The Labute approximate surface area is 261 Å². The Hall–Kier alpha value is -2.58. The normalized spacial score (nSPS) is 34.7. The molecule has 44 heavy (non-hydrogen) atoms. The van der Waals surface area contributed by atoms with E-state index in [1.54, 1.807) is 6.20 Å². The van der Waals surface area contributed by atoms with Crippen molar-refractivity contribution in [2.75, 3.05) is 25.0 Å². The zero-order chi connectivity index (χ0) is 31.6. The van der Waals surface area contributed by atoms with Gasteiger partial charge in [-0.1, -0.05) is 25.4 Å². The van der Waals surface area contributed by atoms with Gasteiger partial charge in [-0.25, -0.2) is 19.4 Å². The monoisotopic (exact) mass is 635 g/mol. The summed E-state index contributed by atoms with van der Waals surface area (Å²) in [5, 5.41) is 23.6. The number of aliphatic carboxylic acids is 2. The van der Waals surface area contributed by atoms with Crippen molar-refractivity contribution in [3.8, 4) is 0 Å². The number of carbonyl (C=O) groups is 2. The Morgan fingerprint density at radius 1 is 1.14 bits per heavy atom. The van der Waals surface area contributed by atoms with Crippen LogP contribution in [0.2, 0.25) is 5.02 Å². The molecule has 5 aliphatic rings. The Morgan fingerprint density at radius 2 is 1.91 bits per heavy atom. The third kappa shape index (κ3) is 6.67. The highest BCUT2D eigenvalue weighted by Gasteiger charge is 2.69. The molecule has 7 rings (SSSR count). The molecule has 242 valence electrons. The fourth-order valence-electron chi connectivity index (χ4n) is 7.15. The van der Waals surface area contributed by atoms with Gasteiger partial charge >= 0.3 is 11.9 Å². The molecule has 13 heteroatoms. The first-order chi connectivity index (χ1) is 20.9. The van der Waals surface area contributed by atoms with Crippen molar-refractivity contribution >= 4 is 40.1 Å². The third-order valence-corrected chi connectivity index (χ3v) is 9.70. The molecule has 4 aliphatic heterocycles. The molecule has 1 aliphatic carbocycles. The number of halogens is 1. The molecule has 1 saturated carbocycles. The van der Waals surface area contributed by atoms with Crippen molar-refractivity contribution in [2.45, 2.75) is 83.4 Å². The highest BCUT2D eigenvalue weighted by molar-refractivity contribution is 6.31. The van der Waals surface area contributed by atoms with Crippen LogP contribution in [0.5, 0.6) is 0 Å². The lowest BCUT2D eigenvalue weighted by molar-refractivity contribution is -0.577. The number of ether oxygens (including phenoxy) is 3. The molecule has 4 saturated heterocycles. The molecule has 0 radical (unpaired) electrons. The van der Waals surface area contributed by atoms with Crippen LogP contribution in [-0.4, -0.2) is 76.8 Å². The lowest BCUT2D eigenvalue weighted by atomic mass is 9.58. The van der Waals surface area contributed by atoms with Gasteiger partial charge in [-0.3, -0.25) is 4.98 Å². The van der Waals surface area contributed by atoms with Crippen molar-refractivity contribution in [2.24, 2.45) is 23.7 Å². The number of rotatable bonds is 8. The van der Waals surface area contributed by atoms with Gasteiger partial charge in [-0.05, 0) is 69.2 Å². The Kier molecular flexibility index (Phi) is 10.0. The standard InChI is InChI=1S/C29H40ClN3O5.C2H2O4/c1-17-5-8-23-19(3)26(35-27-29(23)22(17)9-11-28(4,36-27)37-38-29)34-14-13-31-18(2)16-33-24-10-12-32-25-15-20(30)6-7-21(24)25;3-1(4)2(5)6/h6-7,10,12,15,17-19,22-23,26-27,31H,5,8-9,11,13-14,16H2,1-4H3,(H,32,33);(H,3,4)(H,5,6)/t17-,18?,19-,22?,23?,26+,27-,28+,29-;/m1./s1. The van der Waals surface area contributed by atoms with E-state index in [1.807, 2.05) is 31.2 Å². The van der Waals surface area contributed by atoms with Gasteiger partial charge in [0.05, 0.1) is 12.1 Å². The van der Waals surface area contributed by atoms with Gasteiger partial charge in [0.1, 0.15) is 0 Å². The predicted molar refractivity (Wildman–Crippen MR) is 161 cm³/mol. The van der Waals surface area contributed by atoms with Gasteiger partial charge in [0.15, 0.2) is 18.2 Å². The van der Waals surface area contributed by atoms with Crippen molar-refractivity contribution in [3.63, 3.8) is 0 Å². The summed E-state index contributed by atoms with van der Waals surface area (Å²) < 4.78 is 19.3. The molecule has 1 aromatic carbocycles. The van der Waals surface area contributed by atoms with Crippen LogP contribution in [0.4, 0.5) is 5.69 Å². The molecule has 2 bridgehead atoms. The molecule has 1 aromatic heterocycles. The van der Waals surface area contributed by atoms with E-state index in [9.17, 15) is 0 Å². The fourth-order valence-corrected chi connectivity index (χ4v) is 7.32. The van der Waals surface area contributed by atoms with Gasteiger partial charge in [0, 0.05) is 59.7 Å². The second kappa shape index (κ2) is 13.4. The zero-order valence-electron chi connectivity index (χ0n) is 25.5. The summed E-state index contributed by atoms with van der Waals surface area (Å²) in [5.41, 5.74) is 1.39. The number of fused-ring (bicyclic) bond motifs is 3. The van der Waals surface area contributed by atoms with E-state index in [-0.39, 0.29) is 24.2 Å². The van der Waals surface area contributed by atoms with E-state index in [4.69, 9.17) is 55.4 Å². The summed E-state index contributed by atoms with van der Waals surface area (Å²) in [6.07, 6.45) is 5.11. The van der Waals surface area contributed by atoms with E-state index in [2.05, 4.69) is 36.4 Å². The lowest BCUT2D eigenvalue weighted by Gasteiger charge is -2.60. The molecular weight excluding hydrogens is 594 g/mol. The number of carboxylic acids is 2. The van der Waals surface area contributed by atoms with E-state index >= 15 is 0 Å². The second-order valence-electron chi connectivity index (χ2n) is 12.5. The molecule has 0 amide bonds. The van der Waals surface area contributed by atoms with Gasteiger partial charge < -0.3 is 35.1 Å². The van der Waals surface area contributed by atoms with E-state index in [0.29, 0.717) is 23.5 Å². The number of benzene rings is 1. The molecular formula is C31H42ClN3O9. The number of aromatic nitrogens is 1. The largest absolute Gasteiger partial charge is 0.473 e. The quantitative estimate of drug-likeness (QED) is 0.181. The first kappa shape index (κ1) is 32.8. The Bertz CT molecular complexity index is 1340. The van der Waals surface area contributed by atoms with Crippen molar-refractivity contribution in [1.29, 1.82) is 0 Å². The first-order valence-corrected chi connectivity index (χ1v) is 15.6. The van der Waals surface area contributed by atoms with Crippen LogP contribution in [0.25, 0.3) is 10.9 Å². The van der Waals surface area contributed by atoms with Crippen LogP contribution in [0.1, 0.15) is 53.4 Å².